The number of anilines is 1. The van der Waals surface area contributed by atoms with Crippen molar-refractivity contribution < 1.29 is 9.21 Å². The highest BCUT2D eigenvalue weighted by atomic mass is 35.5. The van der Waals surface area contributed by atoms with Crippen LogP contribution in [0.25, 0.3) is 22.7 Å². The number of thiazole rings is 1. The predicted octanol–water partition coefficient (Wildman–Crippen LogP) is 4.70. The third-order valence-corrected chi connectivity index (χ3v) is 4.52. The van der Waals surface area contributed by atoms with Crippen molar-refractivity contribution in [2.75, 3.05) is 5.32 Å². The van der Waals surface area contributed by atoms with Crippen molar-refractivity contribution in [1.82, 2.24) is 15.2 Å². The van der Waals surface area contributed by atoms with Gasteiger partial charge in [-0.1, -0.05) is 23.7 Å². The van der Waals surface area contributed by atoms with Gasteiger partial charge in [0.15, 0.2) is 10.9 Å². The van der Waals surface area contributed by atoms with Gasteiger partial charge in [-0.25, -0.2) is 4.98 Å². The van der Waals surface area contributed by atoms with E-state index in [1.165, 1.54) is 17.5 Å². The summed E-state index contributed by atoms with van der Waals surface area (Å²) in [6.07, 6.45) is 3.07. The highest BCUT2D eigenvalue weighted by Gasteiger charge is 2.17. The average Bonchev–Trinajstić information content (AvgIpc) is 3.36. The van der Waals surface area contributed by atoms with Gasteiger partial charge in [-0.2, -0.15) is 5.10 Å². The lowest BCUT2D eigenvalue weighted by Gasteiger charge is -2.03. The summed E-state index contributed by atoms with van der Waals surface area (Å²) in [7, 11) is 0. The molecule has 2 N–H and O–H groups in total. The van der Waals surface area contributed by atoms with Crippen molar-refractivity contribution in [1.29, 1.82) is 0 Å². The molecule has 4 rings (SSSR count). The molecule has 0 atom stereocenters. The summed E-state index contributed by atoms with van der Waals surface area (Å²) in [5.74, 6) is 0.362. The Morgan fingerprint density at radius 1 is 1.24 bits per heavy atom. The number of aromatic nitrogens is 3. The lowest BCUT2D eigenvalue weighted by Crippen LogP contribution is -2.12. The molecule has 0 bridgehead atoms. The van der Waals surface area contributed by atoms with E-state index in [9.17, 15) is 4.79 Å². The first-order valence-electron chi connectivity index (χ1n) is 7.31. The topological polar surface area (TPSA) is 83.8 Å². The Morgan fingerprint density at radius 3 is 2.84 bits per heavy atom. The molecule has 0 unspecified atom stereocenters. The van der Waals surface area contributed by atoms with E-state index < -0.39 is 0 Å². The van der Waals surface area contributed by atoms with Crippen LogP contribution in [0.4, 0.5) is 5.13 Å². The SMILES string of the molecule is O=C(Nc1nc(-c2ccco2)cs1)c1cn[nH]c1-c1ccc(Cl)cc1. The maximum atomic E-state index is 12.6. The summed E-state index contributed by atoms with van der Waals surface area (Å²) >= 11 is 7.23. The maximum Gasteiger partial charge on any atom is 0.261 e. The average molecular weight is 371 g/mol. The van der Waals surface area contributed by atoms with E-state index in [1.807, 2.05) is 23.6 Å². The number of furan rings is 1. The van der Waals surface area contributed by atoms with Crippen LogP contribution in [0.1, 0.15) is 10.4 Å². The van der Waals surface area contributed by atoms with Crippen molar-refractivity contribution in [2.24, 2.45) is 0 Å². The van der Waals surface area contributed by atoms with Crippen LogP contribution in [-0.4, -0.2) is 21.1 Å². The number of benzene rings is 1. The van der Waals surface area contributed by atoms with E-state index in [1.54, 1.807) is 24.5 Å². The quantitative estimate of drug-likeness (QED) is 0.545. The molecule has 3 heterocycles. The molecule has 124 valence electrons. The molecule has 8 heteroatoms. The minimum Gasteiger partial charge on any atom is -0.463 e. The molecular formula is C17H11ClN4O2S. The number of rotatable bonds is 4. The molecule has 6 nitrogen and oxygen atoms in total. The molecule has 0 radical (unpaired) electrons. The summed E-state index contributed by atoms with van der Waals surface area (Å²) < 4.78 is 5.30. The lowest BCUT2D eigenvalue weighted by atomic mass is 10.1. The Hall–Kier alpha value is -2.90. The molecule has 0 spiro atoms. The summed E-state index contributed by atoms with van der Waals surface area (Å²) in [6.45, 7) is 0. The van der Waals surface area contributed by atoms with E-state index in [2.05, 4.69) is 20.5 Å². The van der Waals surface area contributed by atoms with Gasteiger partial charge in [0.05, 0.1) is 23.7 Å². The van der Waals surface area contributed by atoms with Gasteiger partial charge in [0.2, 0.25) is 0 Å². The molecule has 0 aliphatic carbocycles. The van der Waals surface area contributed by atoms with Gasteiger partial charge in [0.25, 0.3) is 5.91 Å². The standard InChI is InChI=1S/C17H11ClN4O2S/c18-11-5-3-10(4-6-11)15-12(8-19-22-15)16(23)21-17-20-13(9-25-17)14-2-1-7-24-14/h1-9H,(H,19,22)(H,20,21,23). The number of amides is 1. The zero-order valence-corrected chi connectivity index (χ0v) is 14.3. The molecule has 0 fully saturated rings. The first-order chi connectivity index (χ1) is 12.2. The minimum atomic E-state index is -0.293. The van der Waals surface area contributed by atoms with Crippen LogP contribution in [0.2, 0.25) is 5.02 Å². The van der Waals surface area contributed by atoms with E-state index >= 15 is 0 Å². The van der Waals surface area contributed by atoms with Crippen molar-refractivity contribution in [3.05, 3.63) is 64.8 Å². The summed E-state index contributed by atoms with van der Waals surface area (Å²) in [5, 5.41) is 12.6. The molecule has 0 aliphatic rings. The third kappa shape index (κ3) is 3.19. The zero-order chi connectivity index (χ0) is 17.2. The van der Waals surface area contributed by atoms with Gasteiger partial charge in [-0.3, -0.25) is 15.2 Å². The Balaban J connectivity index is 1.56. The Morgan fingerprint density at radius 2 is 2.08 bits per heavy atom. The molecule has 1 aromatic carbocycles. The van der Waals surface area contributed by atoms with Crippen molar-refractivity contribution in [2.45, 2.75) is 0 Å². The number of halogens is 1. The van der Waals surface area contributed by atoms with Gasteiger partial charge >= 0.3 is 0 Å². The highest BCUT2D eigenvalue weighted by molar-refractivity contribution is 7.14. The largest absolute Gasteiger partial charge is 0.463 e. The van der Waals surface area contributed by atoms with Gasteiger partial charge in [0.1, 0.15) is 5.69 Å². The molecule has 3 aromatic heterocycles. The van der Waals surface area contributed by atoms with Crippen molar-refractivity contribution >= 4 is 34.0 Å². The van der Waals surface area contributed by atoms with E-state index in [0.717, 1.165) is 5.56 Å². The molecular weight excluding hydrogens is 360 g/mol. The number of carbonyl (C=O) groups is 1. The van der Waals surface area contributed by atoms with E-state index in [4.69, 9.17) is 16.0 Å². The number of aromatic amines is 1. The first-order valence-corrected chi connectivity index (χ1v) is 8.56. The van der Waals surface area contributed by atoms with E-state index in [0.29, 0.717) is 32.9 Å². The Labute approximate surface area is 151 Å². The number of H-pyrrole nitrogens is 1. The lowest BCUT2D eigenvalue weighted by molar-refractivity contribution is 0.102. The monoisotopic (exact) mass is 370 g/mol. The Kier molecular flexibility index (Phi) is 4.09. The second kappa shape index (κ2) is 6.54. The summed E-state index contributed by atoms with van der Waals surface area (Å²) in [5.41, 5.74) is 2.55. The third-order valence-electron chi connectivity index (χ3n) is 3.52. The number of hydrogen-bond acceptors (Lipinski definition) is 5. The Bertz CT molecular complexity index is 1010. The number of carbonyl (C=O) groups excluding carboxylic acids is 1. The normalized spacial score (nSPS) is 10.8. The molecule has 0 aliphatic heterocycles. The summed E-state index contributed by atoms with van der Waals surface area (Å²) in [6, 6.07) is 10.8. The number of nitrogens with one attached hydrogen (secondary N) is 2. The van der Waals surface area contributed by atoms with Crippen LogP contribution >= 0.6 is 22.9 Å². The fourth-order valence-electron chi connectivity index (χ4n) is 2.33. The molecule has 4 aromatic rings. The van der Waals surface area contributed by atoms with Crippen molar-refractivity contribution in [3.63, 3.8) is 0 Å². The number of nitrogens with zero attached hydrogens (tertiary/aromatic N) is 2. The predicted molar refractivity (Wildman–Crippen MR) is 96.8 cm³/mol. The molecule has 0 saturated carbocycles. The molecule has 1 amide bonds. The summed E-state index contributed by atoms with van der Waals surface area (Å²) in [4.78, 5) is 16.9. The second-order valence-electron chi connectivity index (χ2n) is 5.13. The highest BCUT2D eigenvalue weighted by Crippen LogP contribution is 2.27. The van der Waals surface area contributed by atoms with Crippen LogP contribution < -0.4 is 5.32 Å². The van der Waals surface area contributed by atoms with Crippen LogP contribution in [0.15, 0.2) is 58.7 Å². The van der Waals surface area contributed by atoms with Gasteiger partial charge < -0.3 is 4.42 Å². The fourth-order valence-corrected chi connectivity index (χ4v) is 3.15. The second-order valence-corrected chi connectivity index (χ2v) is 6.43. The minimum absolute atomic E-state index is 0.293. The van der Waals surface area contributed by atoms with Crippen LogP contribution in [-0.2, 0) is 0 Å². The van der Waals surface area contributed by atoms with Gasteiger partial charge in [-0.05, 0) is 24.3 Å². The van der Waals surface area contributed by atoms with Crippen molar-refractivity contribution in [3.8, 4) is 22.7 Å². The maximum absolute atomic E-state index is 12.6. The smallest absolute Gasteiger partial charge is 0.261 e. The van der Waals surface area contributed by atoms with E-state index in [-0.39, 0.29) is 5.91 Å². The van der Waals surface area contributed by atoms with Gasteiger partial charge in [-0.15, -0.1) is 11.3 Å². The molecule has 25 heavy (non-hydrogen) atoms. The first kappa shape index (κ1) is 15.6. The van der Waals surface area contributed by atoms with Crippen LogP contribution in [0, 0.1) is 0 Å². The van der Waals surface area contributed by atoms with Crippen LogP contribution in [0.5, 0.6) is 0 Å². The fraction of sp³-hybridized carbons (Fsp3) is 0. The number of hydrogen-bond donors (Lipinski definition) is 2. The molecule has 0 saturated heterocycles. The zero-order valence-electron chi connectivity index (χ0n) is 12.7. The van der Waals surface area contributed by atoms with Crippen LogP contribution in [0.3, 0.4) is 0 Å². The van der Waals surface area contributed by atoms with Gasteiger partial charge in [0, 0.05) is 16.0 Å².